The van der Waals surface area contributed by atoms with E-state index in [2.05, 4.69) is 30.6 Å². The molecule has 7 nitrogen and oxygen atoms in total. The number of nitrogens with zero attached hydrogens (tertiary/aromatic N) is 4. The van der Waals surface area contributed by atoms with Crippen LogP contribution >= 0.6 is 0 Å². The zero-order valence-corrected chi connectivity index (χ0v) is 14.9. The monoisotopic (exact) mass is 348 g/mol. The standard InChI is InChI=1S/C9H15N3.C8H13N3O.CH4/c1-4-7(2)12-8(3)5-6-9(10)11-12;1-3-6(2)11-8(12)5-4-7(9)10-11;/h5-7H,3-4H2,1-2H3,(H2,10,11);4-6H,3H2,1-2H3,(H2,9,10);1H4/t7-;6-;/m10./s1. The quantitative estimate of drug-likeness (QED) is 0.871. The highest BCUT2D eigenvalue weighted by atomic mass is 16.1. The van der Waals surface area contributed by atoms with Gasteiger partial charge in [-0.05, 0) is 44.9 Å². The lowest BCUT2D eigenvalue weighted by Gasteiger charge is -2.27. The third-order valence-corrected chi connectivity index (χ3v) is 3.83. The summed E-state index contributed by atoms with van der Waals surface area (Å²) in [5.74, 6) is 0.928. The lowest BCUT2D eigenvalue weighted by Crippen LogP contribution is -2.31. The molecule has 0 amide bonds. The van der Waals surface area contributed by atoms with Crippen molar-refractivity contribution < 1.29 is 0 Å². The molecule has 0 fully saturated rings. The Bertz CT molecular complexity index is 676. The normalized spacial score (nSPS) is 15.4. The fraction of sp³-hybridized carbons (Fsp3) is 0.500. The van der Waals surface area contributed by atoms with Crippen LogP contribution in [0.2, 0.25) is 0 Å². The molecule has 4 N–H and O–H groups in total. The first-order chi connectivity index (χ1) is 11.3. The predicted molar refractivity (Wildman–Crippen MR) is 106 cm³/mol. The maximum atomic E-state index is 11.2. The zero-order chi connectivity index (χ0) is 18.3. The molecule has 2 atom stereocenters. The van der Waals surface area contributed by atoms with Crippen LogP contribution in [0.25, 0.3) is 0 Å². The minimum absolute atomic E-state index is 0. The summed E-state index contributed by atoms with van der Waals surface area (Å²) >= 11 is 0. The Hall–Kier alpha value is -2.57. The van der Waals surface area contributed by atoms with E-state index in [-0.39, 0.29) is 19.0 Å². The number of hydrazone groups is 1. The molecule has 0 saturated heterocycles. The minimum atomic E-state index is -0.0986. The van der Waals surface area contributed by atoms with Crippen molar-refractivity contribution in [2.45, 2.75) is 60.0 Å². The number of nitrogen functional groups attached to an aromatic ring is 1. The Labute approximate surface area is 150 Å². The summed E-state index contributed by atoms with van der Waals surface area (Å²) in [5, 5.41) is 9.96. The molecule has 0 aromatic carbocycles. The van der Waals surface area contributed by atoms with Gasteiger partial charge in [-0.2, -0.15) is 10.2 Å². The largest absolute Gasteiger partial charge is 0.382 e. The molecule has 0 radical (unpaired) electrons. The summed E-state index contributed by atoms with van der Waals surface area (Å²) < 4.78 is 1.41. The van der Waals surface area contributed by atoms with E-state index in [0.717, 1.165) is 18.5 Å². The van der Waals surface area contributed by atoms with E-state index in [4.69, 9.17) is 11.5 Å². The summed E-state index contributed by atoms with van der Waals surface area (Å²) in [5.41, 5.74) is 11.8. The SMILES string of the molecule is C.C=C1C=CC(N)=NN1[C@H](C)CC.CC[C@H](C)n1nc(N)ccc1=O. The maximum Gasteiger partial charge on any atom is 0.267 e. The first kappa shape index (κ1) is 22.4. The van der Waals surface area contributed by atoms with Crippen molar-refractivity contribution in [3.63, 3.8) is 0 Å². The van der Waals surface area contributed by atoms with Crippen molar-refractivity contribution in [1.29, 1.82) is 0 Å². The van der Waals surface area contributed by atoms with E-state index in [1.54, 1.807) is 6.08 Å². The van der Waals surface area contributed by atoms with Gasteiger partial charge in [0.05, 0.1) is 11.7 Å². The summed E-state index contributed by atoms with van der Waals surface area (Å²) in [6.07, 6.45) is 5.55. The van der Waals surface area contributed by atoms with Gasteiger partial charge in [0, 0.05) is 12.1 Å². The molecule has 0 aliphatic carbocycles. The molecule has 25 heavy (non-hydrogen) atoms. The van der Waals surface area contributed by atoms with E-state index < -0.39 is 0 Å². The van der Waals surface area contributed by atoms with Crippen molar-refractivity contribution in [2.24, 2.45) is 10.8 Å². The van der Waals surface area contributed by atoms with Crippen LogP contribution in [0.4, 0.5) is 5.82 Å². The van der Waals surface area contributed by atoms with E-state index in [9.17, 15) is 4.79 Å². The predicted octanol–water partition coefficient (Wildman–Crippen LogP) is 2.88. The van der Waals surface area contributed by atoms with Crippen molar-refractivity contribution in [1.82, 2.24) is 14.8 Å². The Balaban J connectivity index is 0.000000443. The summed E-state index contributed by atoms with van der Waals surface area (Å²) in [6.45, 7) is 12.0. The van der Waals surface area contributed by atoms with Gasteiger partial charge in [0.25, 0.3) is 5.56 Å². The first-order valence-corrected chi connectivity index (χ1v) is 8.15. The van der Waals surface area contributed by atoms with Crippen LogP contribution in [0.3, 0.4) is 0 Å². The maximum absolute atomic E-state index is 11.2. The second-order valence-electron chi connectivity index (χ2n) is 5.75. The van der Waals surface area contributed by atoms with Crippen LogP contribution in [0.5, 0.6) is 0 Å². The molecular weight excluding hydrogens is 316 g/mol. The third-order valence-electron chi connectivity index (χ3n) is 3.83. The van der Waals surface area contributed by atoms with E-state index in [1.165, 1.54) is 16.8 Å². The second-order valence-corrected chi connectivity index (χ2v) is 5.75. The number of aromatic nitrogens is 2. The van der Waals surface area contributed by atoms with Gasteiger partial charge in [-0.25, -0.2) is 4.68 Å². The van der Waals surface area contributed by atoms with Crippen molar-refractivity contribution in [2.75, 3.05) is 5.73 Å². The van der Waals surface area contributed by atoms with Gasteiger partial charge >= 0.3 is 0 Å². The van der Waals surface area contributed by atoms with Crippen LogP contribution in [0, 0.1) is 0 Å². The van der Waals surface area contributed by atoms with Crippen LogP contribution in [-0.2, 0) is 0 Å². The van der Waals surface area contributed by atoms with Gasteiger partial charge in [-0.3, -0.25) is 9.80 Å². The summed E-state index contributed by atoms with van der Waals surface area (Å²) in [6, 6.07) is 3.43. The lowest BCUT2D eigenvalue weighted by atomic mass is 10.2. The van der Waals surface area contributed by atoms with E-state index >= 15 is 0 Å². The van der Waals surface area contributed by atoms with Gasteiger partial charge in [-0.15, -0.1) is 0 Å². The molecule has 0 bridgehead atoms. The van der Waals surface area contributed by atoms with Crippen molar-refractivity contribution in [3.05, 3.63) is 46.9 Å². The van der Waals surface area contributed by atoms with Crippen LogP contribution in [-0.4, -0.2) is 26.7 Å². The molecule has 1 aliphatic heterocycles. The molecule has 0 unspecified atom stereocenters. The zero-order valence-electron chi connectivity index (χ0n) is 14.9. The highest BCUT2D eigenvalue weighted by Crippen LogP contribution is 2.15. The Morgan fingerprint density at radius 1 is 1.12 bits per heavy atom. The molecule has 1 aliphatic rings. The second kappa shape index (κ2) is 10.3. The highest BCUT2D eigenvalue weighted by Gasteiger charge is 2.14. The Kier molecular flexibility index (Phi) is 9.27. The number of nitrogens with two attached hydrogens (primary N) is 2. The molecule has 0 saturated carbocycles. The van der Waals surface area contributed by atoms with Gasteiger partial charge in [0.2, 0.25) is 0 Å². The molecule has 2 heterocycles. The minimum Gasteiger partial charge on any atom is -0.382 e. The van der Waals surface area contributed by atoms with Gasteiger partial charge in [0.1, 0.15) is 11.7 Å². The lowest BCUT2D eigenvalue weighted by molar-refractivity contribution is 0.281. The number of allylic oxidation sites excluding steroid dienone is 1. The van der Waals surface area contributed by atoms with Gasteiger partial charge < -0.3 is 11.5 Å². The van der Waals surface area contributed by atoms with E-state index in [0.29, 0.717) is 17.7 Å². The number of hydrogen-bond acceptors (Lipinski definition) is 6. The molecule has 0 spiro atoms. The average Bonchev–Trinajstić information content (AvgIpc) is 2.58. The van der Waals surface area contributed by atoms with Crippen molar-refractivity contribution >= 4 is 11.7 Å². The Morgan fingerprint density at radius 3 is 2.28 bits per heavy atom. The summed E-state index contributed by atoms with van der Waals surface area (Å²) in [7, 11) is 0. The molecule has 7 heteroatoms. The average molecular weight is 348 g/mol. The number of anilines is 1. The van der Waals surface area contributed by atoms with Gasteiger partial charge in [-0.1, -0.05) is 27.9 Å². The highest BCUT2D eigenvalue weighted by molar-refractivity contribution is 5.92. The fourth-order valence-electron chi connectivity index (χ4n) is 1.96. The number of rotatable bonds is 4. The number of amidine groups is 1. The Morgan fingerprint density at radius 2 is 1.72 bits per heavy atom. The fourth-order valence-corrected chi connectivity index (χ4v) is 1.96. The van der Waals surface area contributed by atoms with Crippen LogP contribution in [0.1, 0.15) is 54.0 Å². The first-order valence-electron chi connectivity index (χ1n) is 8.15. The van der Waals surface area contributed by atoms with Crippen LogP contribution in [0.15, 0.2) is 46.5 Å². The molecule has 2 rings (SSSR count). The molecule has 1 aromatic rings. The molecule has 140 valence electrons. The van der Waals surface area contributed by atoms with Gasteiger partial charge in [0.15, 0.2) is 0 Å². The number of hydrogen-bond donors (Lipinski definition) is 2. The van der Waals surface area contributed by atoms with Crippen molar-refractivity contribution in [3.8, 4) is 0 Å². The van der Waals surface area contributed by atoms with Crippen LogP contribution < -0.4 is 17.0 Å². The smallest absolute Gasteiger partial charge is 0.267 e. The summed E-state index contributed by atoms with van der Waals surface area (Å²) in [4.78, 5) is 11.2. The van der Waals surface area contributed by atoms with E-state index in [1.807, 2.05) is 24.9 Å². The molecule has 1 aromatic heterocycles. The molecular formula is C18H32N6O. The topological polar surface area (TPSA) is 103 Å². The third kappa shape index (κ3) is 6.45.